The van der Waals surface area contributed by atoms with Gasteiger partial charge in [0.2, 0.25) is 0 Å². The molecule has 1 atom stereocenters. The lowest BCUT2D eigenvalue weighted by Crippen LogP contribution is -2.15. The minimum atomic E-state index is -0.865. The van der Waals surface area contributed by atoms with E-state index >= 15 is 0 Å². The maximum atomic E-state index is 13.7. The van der Waals surface area contributed by atoms with E-state index in [0.717, 1.165) is 5.56 Å². The van der Waals surface area contributed by atoms with Crippen LogP contribution in [0.4, 0.5) is 8.78 Å². The molecule has 2 rings (SSSR count). The Morgan fingerprint density at radius 3 is 2.32 bits per heavy atom. The highest BCUT2D eigenvalue weighted by molar-refractivity contribution is 5.41. The lowest BCUT2D eigenvalue weighted by molar-refractivity contribution is 0.411. The number of aryl methyl sites for hydroxylation is 1. The molecule has 2 nitrogen and oxygen atoms in total. The Labute approximate surface area is 110 Å². The molecule has 2 aromatic rings. The van der Waals surface area contributed by atoms with E-state index in [9.17, 15) is 8.78 Å². The molecule has 4 heteroatoms. The van der Waals surface area contributed by atoms with Crippen LogP contribution in [-0.4, -0.2) is 7.11 Å². The first kappa shape index (κ1) is 13.5. The zero-order chi connectivity index (χ0) is 14.0. The van der Waals surface area contributed by atoms with E-state index in [0.29, 0.717) is 11.3 Å². The van der Waals surface area contributed by atoms with Crippen LogP contribution in [-0.2, 0) is 0 Å². The largest absolute Gasteiger partial charge is 0.496 e. The molecule has 0 aliphatic heterocycles. The summed E-state index contributed by atoms with van der Waals surface area (Å²) in [6, 6.07) is 8.10. The third-order valence-corrected chi connectivity index (χ3v) is 3.10. The van der Waals surface area contributed by atoms with Gasteiger partial charge >= 0.3 is 0 Å². The van der Waals surface area contributed by atoms with Gasteiger partial charge in [-0.1, -0.05) is 18.2 Å². The van der Waals surface area contributed by atoms with Crippen LogP contribution >= 0.6 is 0 Å². The van der Waals surface area contributed by atoms with Gasteiger partial charge in [0.1, 0.15) is 17.4 Å². The van der Waals surface area contributed by atoms with Crippen LogP contribution in [0.3, 0.4) is 0 Å². The van der Waals surface area contributed by atoms with Gasteiger partial charge in [-0.15, -0.1) is 0 Å². The SMILES string of the molecule is COc1cc(C(N)c2c(F)cccc2F)ccc1C. The summed E-state index contributed by atoms with van der Waals surface area (Å²) in [6.07, 6.45) is 0. The normalized spacial score (nSPS) is 12.3. The van der Waals surface area contributed by atoms with Gasteiger partial charge < -0.3 is 10.5 Å². The third-order valence-electron chi connectivity index (χ3n) is 3.10. The number of hydrogen-bond acceptors (Lipinski definition) is 2. The smallest absolute Gasteiger partial charge is 0.131 e. The Bertz CT molecular complexity index is 578. The van der Waals surface area contributed by atoms with E-state index in [1.165, 1.54) is 18.2 Å². The van der Waals surface area contributed by atoms with Gasteiger partial charge in [0.25, 0.3) is 0 Å². The van der Waals surface area contributed by atoms with Crippen molar-refractivity contribution in [3.05, 3.63) is 64.7 Å². The van der Waals surface area contributed by atoms with Crippen molar-refractivity contribution < 1.29 is 13.5 Å². The molecule has 0 fully saturated rings. The topological polar surface area (TPSA) is 35.2 Å². The second-order valence-corrected chi connectivity index (χ2v) is 4.34. The van der Waals surface area contributed by atoms with Gasteiger partial charge in [0.05, 0.1) is 13.2 Å². The van der Waals surface area contributed by atoms with Crippen molar-refractivity contribution in [2.75, 3.05) is 7.11 Å². The Morgan fingerprint density at radius 1 is 1.11 bits per heavy atom. The zero-order valence-corrected chi connectivity index (χ0v) is 10.8. The first-order chi connectivity index (χ1) is 9.04. The molecule has 0 saturated carbocycles. The number of benzene rings is 2. The first-order valence-corrected chi connectivity index (χ1v) is 5.88. The number of hydrogen-bond donors (Lipinski definition) is 1. The van der Waals surface area contributed by atoms with Crippen molar-refractivity contribution >= 4 is 0 Å². The first-order valence-electron chi connectivity index (χ1n) is 5.88. The number of rotatable bonds is 3. The number of ether oxygens (including phenoxy) is 1. The monoisotopic (exact) mass is 263 g/mol. The standard InChI is InChI=1S/C15H15F2NO/c1-9-6-7-10(8-13(9)19-2)15(18)14-11(16)4-3-5-12(14)17/h3-8,15H,18H2,1-2H3. The average molecular weight is 263 g/mol. The van der Waals surface area contributed by atoms with E-state index in [4.69, 9.17) is 10.5 Å². The van der Waals surface area contributed by atoms with E-state index in [-0.39, 0.29) is 5.56 Å². The van der Waals surface area contributed by atoms with Crippen LogP contribution < -0.4 is 10.5 Å². The second-order valence-electron chi connectivity index (χ2n) is 4.34. The molecule has 100 valence electrons. The lowest BCUT2D eigenvalue weighted by atomic mass is 9.97. The fourth-order valence-corrected chi connectivity index (χ4v) is 2.00. The van der Waals surface area contributed by atoms with E-state index in [1.807, 2.05) is 13.0 Å². The van der Waals surface area contributed by atoms with Crippen molar-refractivity contribution in [2.24, 2.45) is 5.73 Å². The summed E-state index contributed by atoms with van der Waals surface area (Å²) in [4.78, 5) is 0. The molecule has 0 aliphatic rings. The molecule has 0 spiro atoms. The lowest BCUT2D eigenvalue weighted by Gasteiger charge is -2.16. The predicted octanol–water partition coefficient (Wildman–Crippen LogP) is 3.33. The van der Waals surface area contributed by atoms with Crippen molar-refractivity contribution in [1.82, 2.24) is 0 Å². The number of nitrogens with two attached hydrogens (primary N) is 1. The number of methoxy groups -OCH3 is 1. The van der Waals surface area contributed by atoms with Gasteiger partial charge in [-0.2, -0.15) is 0 Å². The molecule has 0 bridgehead atoms. The summed E-state index contributed by atoms with van der Waals surface area (Å²) in [5.74, 6) is -0.649. The van der Waals surface area contributed by atoms with Crippen LogP contribution in [0, 0.1) is 18.6 Å². The van der Waals surface area contributed by atoms with E-state index in [2.05, 4.69) is 0 Å². The highest BCUT2D eigenvalue weighted by atomic mass is 19.1. The minimum absolute atomic E-state index is 0.131. The van der Waals surface area contributed by atoms with Crippen LogP contribution in [0.15, 0.2) is 36.4 Å². The molecule has 0 aliphatic carbocycles. The quantitative estimate of drug-likeness (QED) is 0.921. The number of halogens is 2. The maximum absolute atomic E-state index is 13.7. The second kappa shape index (κ2) is 5.36. The Morgan fingerprint density at radius 2 is 1.74 bits per heavy atom. The molecule has 19 heavy (non-hydrogen) atoms. The van der Waals surface area contributed by atoms with Gasteiger partial charge in [-0.25, -0.2) is 8.78 Å². The fraction of sp³-hybridized carbons (Fsp3) is 0.200. The van der Waals surface area contributed by atoms with Crippen LogP contribution in [0.1, 0.15) is 22.7 Å². The van der Waals surface area contributed by atoms with Crippen molar-refractivity contribution in [1.29, 1.82) is 0 Å². The summed E-state index contributed by atoms with van der Waals surface area (Å²) in [5.41, 5.74) is 7.37. The van der Waals surface area contributed by atoms with Crippen LogP contribution in [0.2, 0.25) is 0 Å². The highest BCUT2D eigenvalue weighted by Gasteiger charge is 2.18. The van der Waals surface area contributed by atoms with Crippen molar-refractivity contribution in [2.45, 2.75) is 13.0 Å². The van der Waals surface area contributed by atoms with Crippen LogP contribution in [0.5, 0.6) is 5.75 Å². The minimum Gasteiger partial charge on any atom is -0.496 e. The maximum Gasteiger partial charge on any atom is 0.131 e. The molecule has 0 aromatic heterocycles. The molecule has 2 N–H and O–H groups in total. The molecule has 2 aromatic carbocycles. The summed E-state index contributed by atoms with van der Waals surface area (Å²) in [6.45, 7) is 1.89. The van der Waals surface area contributed by atoms with Gasteiger partial charge in [-0.05, 0) is 36.2 Å². The van der Waals surface area contributed by atoms with Crippen molar-refractivity contribution in [3.63, 3.8) is 0 Å². The summed E-state index contributed by atoms with van der Waals surface area (Å²) in [5, 5.41) is 0. The zero-order valence-electron chi connectivity index (χ0n) is 10.8. The summed E-state index contributed by atoms with van der Waals surface area (Å²) in [7, 11) is 1.54. The molecular weight excluding hydrogens is 248 g/mol. The van der Waals surface area contributed by atoms with E-state index < -0.39 is 17.7 Å². The summed E-state index contributed by atoms with van der Waals surface area (Å²) >= 11 is 0. The van der Waals surface area contributed by atoms with Gasteiger partial charge in [0.15, 0.2) is 0 Å². The third kappa shape index (κ3) is 2.58. The molecule has 0 heterocycles. The molecule has 0 radical (unpaired) electrons. The summed E-state index contributed by atoms with van der Waals surface area (Å²) < 4.78 is 32.6. The molecule has 0 amide bonds. The molecule has 0 saturated heterocycles. The van der Waals surface area contributed by atoms with Crippen molar-refractivity contribution in [3.8, 4) is 5.75 Å². The predicted molar refractivity (Wildman–Crippen MR) is 70.1 cm³/mol. The highest BCUT2D eigenvalue weighted by Crippen LogP contribution is 2.28. The van der Waals surface area contributed by atoms with Gasteiger partial charge in [-0.3, -0.25) is 0 Å². The van der Waals surface area contributed by atoms with Gasteiger partial charge in [0, 0.05) is 5.56 Å². The van der Waals surface area contributed by atoms with E-state index in [1.54, 1.807) is 19.2 Å². The fourth-order valence-electron chi connectivity index (χ4n) is 2.00. The Kier molecular flexibility index (Phi) is 3.81. The Balaban J connectivity index is 2.47. The Hall–Kier alpha value is -1.94. The van der Waals surface area contributed by atoms with Crippen LogP contribution in [0.25, 0.3) is 0 Å². The molecule has 1 unspecified atom stereocenters. The molecular formula is C15H15F2NO. The average Bonchev–Trinajstić information content (AvgIpc) is 2.39.